The van der Waals surface area contributed by atoms with Crippen molar-refractivity contribution >= 4 is 19.7 Å². The van der Waals surface area contributed by atoms with Crippen LogP contribution in [0.3, 0.4) is 0 Å². The fraction of sp³-hybridized carbons (Fsp3) is 0.818. The van der Waals surface area contributed by atoms with Gasteiger partial charge in [-0.3, -0.25) is 28.2 Å². The summed E-state index contributed by atoms with van der Waals surface area (Å²) < 4.78 is 66.5. The van der Waals surface area contributed by atoms with Gasteiger partial charge >= 0.3 is 19.5 Å². The first kappa shape index (κ1) is 48.2. The second-order valence-corrected chi connectivity index (χ2v) is 17.3. The molecule has 4 aliphatic rings. The molecule has 4 saturated heterocycles. The number of phosphoric ester groups is 1. The number of phosphoric acid groups is 1. The highest BCUT2D eigenvalue weighted by molar-refractivity contribution is 7.47. The molecule has 0 radical (unpaired) electrons. The summed E-state index contributed by atoms with van der Waals surface area (Å²) in [6, 6.07) is -0.793. The smallest absolute Gasteiger partial charge is 0.458 e. The molecule has 0 saturated carbocycles. The van der Waals surface area contributed by atoms with Gasteiger partial charge < -0.3 is 84.8 Å². The summed E-state index contributed by atoms with van der Waals surface area (Å²) in [4.78, 5) is 64.5. The molecule has 12 N–H and O–H groups in total. The summed E-state index contributed by atoms with van der Waals surface area (Å²) in [5.41, 5.74) is 2.39. The van der Waals surface area contributed by atoms with Gasteiger partial charge in [-0.1, -0.05) is 0 Å². The highest BCUT2D eigenvalue weighted by atomic mass is 31.2. The van der Waals surface area contributed by atoms with Crippen LogP contribution in [0.5, 0.6) is 0 Å². The Morgan fingerprint density at radius 3 is 2.12 bits per heavy atom. The Labute approximate surface area is 340 Å². The number of aromatic nitrogens is 2. The fourth-order valence-electron chi connectivity index (χ4n) is 7.02. The minimum atomic E-state index is -5.80. The number of nitrogens with one attached hydrogen (secondary N) is 2. The average Bonchev–Trinajstić information content (AvgIpc) is 3.64. The maximum atomic E-state index is 14.1. The van der Waals surface area contributed by atoms with Gasteiger partial charge in [0.2, 0.25) is 5.91 Å². The van der Waals surface area contributed by atoms with Crippen LogP contribution in [0.15, 0.2) is 21.9 Å². The molecule has 26 nitrogen and oxygen atoms in total. The van der Waals surface area contributed by atoms with E-state index in [0.717, 1.165) is 16.8 Å². The van der Waals surface area contributed by atoms with Gasteiger partial charge in [0.25, 0.3) is 5.56 Å². The molecule has 4 fully saturated rings. The standard InChI is InChI=1S/C33H53N4O22P/c1-32(2,3)57-28(47)25(58-60(49,50)59-29-18(35-17(41)9-34)21(44)19(42)14(10-38)53-29)13(52-30-23(46)22(45)20(43)15(11-39)54-30)8-12-24-26(56-33(4,5)55-24)27(51-12)37-7-6-16(40)36-31(37)48/h6-7,12-15,18-27,29-30,38-39,42-46H,8-11,34H2,1-5H3,(H,35,41)(H,49,50)(H,36,40,48)/t12-,13+,14?,15?,18-,19-,20-,21-,22+,23-,24?,25+,26?,27-,29-,30+/m1/s1. The number of aliphatic hydroxyl groups is 7. The van der Waals surface area contributed by atoms with Crippen molar-refractivity contribution in [3.05, 3.63) is 33.1 Å². The van der Waals surface area contributed by atoms with Gasteiger partial charge in [0.1, 0.15) is 72.7 Å². The third-order valence-corrected chi connectivity index (χ3v) is 10.7. The number of carbonyl (C=O) groups excluding carboxylic acids is 2. The molecule has 1 aromatic rings. The zero-order valence-electron chi connectivity index (χ0n) is 33.0. The molecule has 0 aromatic carbocycles. The number of amides is 1. The average molecular weight is 889 g/mol. The first-order valence-corrected chi connectivity index (χ1v) is 20.2. The van der Waals surface area contributed by atoms with E-state index in [0.29, 0.717) is 0 Å². The molecule has 27 heteroatoms. The van der Waals surface area contributed by atoms with Crippen molar-refractivity contribution in [2.24, 2.45) is 5.73 Å². The third-order valence-electron chi connectivity index (χ3n) is 9.73. The zero-order chi connectivity index (χ0) is 44.6. The Balaban J connectivity index is 1.56. The Morgan fingerprint density at radius 2 is 1.53 bits per heavy atom. The molecular formula is C33H53N4O22P. The van der Waals surface area contributed by atoms with Gasteiger partial charge in [-0.25, -0.2) is 14.2 Å². The molecule has 60 heavy (non-hydrogen) atoms. The van der Waals surface area contributed by atoms with Crippen LogP contribution in [-0.4, -0.2) is 185 Å². The van der Waals surface area contributed by atoms with Gasteiger partial charge in [-0.2, -0.15) is 0 Å². The first-order chi connectivity index (χ1) is 27.9. The van der Waals surface area contributed by atoms with E-state index in [2.05, 4.69) is 10.3 Å². The van der Waals surface area contributed by atoms with Crippen LogP contribution in [-0.2, 0) is 56.4 Å². The molecule has 17 atom stereocenters. The number of fused-ring (bicyclic) bond motifs is 1. The SMILES string of the molecule is CC(C)(C)OC(=O)[C@@H](OP(=O)(O)O[C@H]1OC(CO)[C@@H](O)[C@H](O)[C@H]1NC(=O)CN)[C@H](C[C@H]1O[C@@H](n2ccc(=O)[nH]c2=O)C2OC(C)(C)OC21)O[C@H]1OC(CO)[C@@H](O)[C@H](O)[C@H]1O. The van der Waals surface area contributed by atoms with E-state index < -0.39 is 167 Å². The van der Waals surface area contributed by atoms with Gasteiger partial charge in [-0.15, -0.1) is 0 Å². The molecule has 1 aromatic heterocycles. The molecule has 0 spiro atoms. The molecular weight excluding hydrogens is 835 g/mol. The number of ether oxygens (including phenoxy) is 7. The van der Waals surface area contributed by atoms with Crippen LogP contribution in [0.2, 0.25) is 0 Å². The number of aromatic amines is 1. The zero-order valence-corrected chi connectivity index (χ0v) is 33.9. The number of aliphatic hydroxyl groups excluding tert-OH is 7. The summed E-state index contributed by atoms with van der Waals surface area (Å²) in [5, 5.41) is 75.0. The maximum absolute atomic E-state index is 14.1. The van der Waals surface area contributed by atoms with E-state index in [-0.39, 0.29) is 0 Å². The molecule has 0 bridgehead atoms. The van der Waals surface area contributed by atoms with Crippen LogP contribution in [0.25, 0.3) is 0 Å². The van der Waals surface area contributed by atoms with E-state index in [1.165, 1.54) is 34.6 Å². The first-order valence-electron chi connectivity index (χ1n) is 18.7. The van der Waals surface area contributed by atoms with Crippen LogP contribution < -0.4 is 22.3 Å². The summed E-state index contributed by atoms with van der Waals surface area (Å²) in [6.07, 6.45) is -26.1. The Kier molecular flexibility index (Phi) is 15.2. The second kappa shape index (κ2) is 18.9. The molecule has 4 aliphatic heterocycles. The molecule has 5 heterocycles. The van der Waals surface area contributed by atoms with Gasteiger partial charge in [0, 0.05) is 18.7 Å². The monoisotopic (exact) mass is 888 g/mol. The largest absolute Gasteiger partial charge is 0.475 e. The molecule has 342 valence electrons. The number of esters is 1. The van der Waals surface area contributed by atoms with Crippen molar-refractivity contribution in [3.63, 3.8) is 0 Å². The Morgan fingerprint density at radius 1 is 0.933 bits per heavy atom. The number of rotatable bonds is 15. The molecule has 5 rings (SSSR count). The van der Waals surface area contributed by atoms with Gasteiger partial charge in [0.15, 0.2) is 30.7 Å². The van der Waals surface area contributed by atoms with Crippen LogP contribution in [0, 0.1) is 0 Å². The van der Waals surface area contributed by atoms with Crippen molar-refractivity contribution in [1.82, 2.24) is 14.9 Å². The number of nitrogens with two attached hydrogens (primary N) is 1. The quantitative estimate of drug-likeness (QED) is 0.0577. The van der Waals surface area contributed by atoms with Crippen LogP contribution in [0.4, 0.5) is 0 Å². The highest BCUT2D eigenvalue weighted by Crippen LogP contribution is 2.50. The lowest BCUT2D eigenvalue weighted by Crippen LogP contribution is -2.65. The number of hydrogen-bond donors (Lipinski definition) is 11. The van der Waals surface area contributed by atoms with Crippen molar-refractivity contribution in [1.29, 1.82) is 0 Å². The minimum absolute atomic E-state index is 0.658. The second-order valence-electron chi connectivity index (χ2n) is 15.9. The fourth-order valence-corrected chi connectivity index (χ4v) is 8.03. The predicted octanol–water partition coefficient (Wildman–Crippen LogP) is -5.74. The summed E-state index contributed by atoms with van der Waals surface area (Å²) in [7, 11) is -5.80. The van der Waals surface area contributed by atoms with Crippen LogP contribution >= 0.6 is 7.82 Å². The van der Waals surface area contributed by atoms with E-state index >= 15 is 0 Å². The molecule has 0 aliphatic carbocycles. The number of H-pyrrole nitrogens is 1. The summed E-state index contributed by atoms with van der Waals surface area (Å²) >= 11 is 0. The van der Waals surface area contributed by atoms with Crippen molar-refractivity contribution < 1.29 is 97.0 Å². The van der Waals surface area contributed by atoms with Gasteiger partial charge in [-0.05, 0) is 34.6 Å². The van der Waals surface area contributed by atoms with Crippen molar-refractivity contribution in [2.75, 3.05) is 19.8 Å². The third kappa shape index (κ3) is 11.0. The summed E-state index contributed by atoms with van der Waals surface area (Å²) in [6.45, 7) is 4.83. The summed E-state index contributed by atoms with van der Waals surface area (Å²) in [5.74, 6) is -3.70. The topological polar surface area (TPSA) is 389 Å². The Bertz CT molecular complexity index is 1820. The van der Waals surface area contributed by atoms with E-state index in [1.54, 1.807) is 0 Å². The minimum Gasteiger partial charge on any atom is -0.458 e. The highest BCUT2D eigenvalue weighted by Gasteiger charge is 2.58. The van der Waals surface area contributed by atoms with Crippen LogP contribution in [0.1, 0.15) is 47.3 Å². The number of nitrogens with zero attached hydrogens (tertiary/aromatic N) is 1. The van der Waals surface area contributed by atoms with E-state index in [1.807, 2.05) is 0 Å². The van der Waals surface area contributed by atoms with E-state index in [4.69, 9.17) is 47.9 Å². The normalized spacial score (nSPS) is 37.4. The number of hydrogen-bond acceptors (Lipinski definition) is 22. The lowest BCUT2D eigenvalue weighted by atomic mass is 9.97. The number of carbonyl (C=O) groups is 2. The van der Waals surface area contributed by atoms with Crippen molar-refractivity contribution in [2.45, 2.75) is 151 Å². The van der Waals surface area contributed by atoms with Gasteiger partial charge in [0.05, 0.1) is 25.9 Å². The van der Waals surface area contributed by atoms with Crippen molar-refractivity contribution in [3.8, 4) is 0 Å². The molecule has 5 unspecified atom stereocenters. The maximum Gasteiger partial charge on any atom is 0.475 e. The lowest BCUT2D eigenvalue weighted by Gasteiger charge is -2.43. The Hall–Kier alpha value is -2.83. The lowest BCUT2D eigenvalue weighted by molar-refractivity contribution is -0.319. The predicted molar refractivity (Wildman–Crippen MR) is 193 cm³/mol. The van der Waals surface area contributed by atoms with E-state index in [9.17, 15) is 64.4 Å². The molecule has 1 amide bonds.